The summed E-state index contributed by atoms with van der Waals surface area (Å²) in [6.45, 7) is 9.57. The van der Waals surface area contributed by atoms with Crippen molar-refractivity contribution in [2.75, 3.05) is 18.0 Å². The topological polar surface area (TPSA) is 59.6 Å². The summed E-state index contributed by atoms with van der Waals surface area (Å²) in [7, 11) is 0. The largest absolute Gasteiger partial charge is 0.489 e. The van der Waals surface area contributed by atoms with E-state index in [4.69, 9.17) is 9.72 Å². The lowest BCUT2D eigenvalue weighted by molar-refractivity contribution is -0.355. The molecule has 1 fully saturated rings. The third-order valence-electron chi connectivity index (χ3n) is 5.38. The van der Waals surface area contributed by atoms with Gasteiger partial charge < -0.3 is 14.7 Å². The van der Waals surface area contributed by atoms with Gasteiger partial charge in [0.1, 0.15) is 17.7 Å². The third kappa shape index (κ3) is 6.34. The molecule has 3 rings (SSSR count). The van der Waals surface area contributed by atoms with Gasteiger partial charge in [0.15, 0.2) is 0 Å². The highest BCUT2D eigenvalue weighted by Gasteiger charge is 2.25. The van der Waals surface area contributed by atoms with Gasteiger partial charge in [-0.2, -0.15) is 4.99 Å². The highest BCUT2D eigenvalue weighted by atomic mass is 16.5. The molecule has 0 bridgehead atoms. The molecule has 1 atom stereocenters. The number of aromatic nitrogens is 1. The zero-order chi connectivity index (χ0) is 21.3. The fourth-order valence-electron chi connectivity index (χ4n) is 3.77. The monoisotopic (exact) mass is 408 g/mol. The van der Waals surface area contributed by atoms with Crippen molar-refractivity contribution in [2.45, 2.75) is 58.5 Å². The average Bonchev–Trinajstić information content (AvgIpc) is 3.20. The van der Waals surface area contributed by atoms with Crippen molar-refractivity contribution >= 4 is 17.4 Å². The number of rotatable bonds is 10. The van der Waals surface area contributed by atoms with Crippen LogP contribution in [0.5, 0.6) is 5.75 Å². The third-order valence-corrected chi connectivity index (χ3v) is 5.38. The van der Waals surface area contributed by atoms with E-state index in [9.17, 15) is 5.11 Å². The summed E-state index contributed by atoms with van der Waals surface area (Å²) in [5.41, 5.74) is 2.77. The molecule has 2 aromatic rings. The fraction of sp³-hybridized carbons (Fsp3) is 0.440. The first-order valence-electron chi connectivity index (χ1n) is 11.0. The number of aliphatic hydroxyl groups is 1. The van der Waals surface area contributed by atoms with Crippen LogP contribution in [0.4, 0.5) is 5.82 Å². The maximum absolute atomic E-state index is 9.34. The van der Waals surface area contributed by atoms with Gasteiger partial charge in [-0.3, -0.25) is 0 Å². The minimum atomic E-state index is 0.130. The van der Waals surface area contributed by atoms with E-state index < -0.39 is 0 Å². The van der Waals surface area contributed by atoms with Crippen LogP contribution in [0.25, 0.3) is 5.70 Å². The average molecular weight is 409 g/mol. The Hall–Kier alpha value is -2.82. The Morgan fingerprint density at radius 2 is 2.00 bits per heavy atom. The second kappa shape index (κ2) is 10.8. The highest BCUT2D eigenvalue weighted by molar-refractivity contribution is 5.68. The van der Waals surface area contributed by atoms with Crippen molar-refractivity contribution in [3.05, 3.63) is 60.3 Å². The Labute approximate surface area is 180 Å². The molecule has 1 unspecified atom stereocenters. The van der Waals surface area contributed by atoms with E-state index >= 15 is 0 Å². The molecule has 5 nitrogen and oxygen atoms in total. The predicted octanol–water partition coefficient (Wildman–Crippen LogP) is 3.89. The summed E-state index contributed by atoms with van der Waals surface area (Å²) in [4.78, 5) is 10.0. The number of aryl methyl sites for hydroxylation is 1. The summed E-state index contributed by atoms with van der Waals surface area (Å²) in [6.07, 6.45) is 7.25. The lowest BCUT2D eigenvalue weighted by atomic mass is 10.1. The van der Waals surface area contributed by atoms with Gasteiger partial charge in [0.05, 0.1) is 13.5 Å². The van der Waals surface area contributed by atoms with Gasteiger partial charge in [0, 0.05) is 24.2 Å². The summed E-state index contributed by atoms with van der Waals surface area (Å²) in [6, 6.07) is 14.2. The molecule has 0 saturated carbocycles. The van der Waals surface area contributed by atoms with Crippen molar-refractivity contribution in [1.82, 2.24) is 4.98 Å². The van der Waals surface area contributed by atoms with E-state index in [2.05, 4.69) is 41.6 Å². The Morgan fingerprint density at radius 1 is 1.20 bits per heavy atom. The Balaban J connectivity index is 1.53. The SMILES string of the molecule is C=C([NH+]=C(C)O)c1ccc(OC2CCN(c3cccc(CCCCCC)n3)C2)cc1. The number of anilines is 1. The zero-order valence-corrected chi connectivity index (χ0v) is 18.2. The molecular weight excluding hydrogens is 374 g/mol. The van der Waals surface area contributed by atoms with Crippen LogP contribution in [0.15, 0.2) is 49.0 Å². The Morgan fingerprint density at radius 3 is 2.73 bits per heavy atom. The minimum Gasteiger partial charge on any atom is -0.489 e. The van der Waals surface area contributed by atoms with Gasteiger partial charge in [-0.15, -0.1) is 0 Å². The Bertz CT molecular complexity index is 857. The van der Waals surface area contributed by atoms with Crippen LogP contribution in [0.1, 0.15) is 57.2 Å². The number of ether oxygens (including phenoxy) is 1. The van der Waals surface area contributed by atoms with Crippen molar-refractivity contribution < 1.29 is 14.8 Å². The van der Waals surface area contributed by atoms with Gasteiger partial charge in [-0.1, -0.05) is 32.3 Å². The fourth-order valence-corrected chi connectivity index (χ4v) is 3.77. The van der Waals surface area contributed by atoms with Crippen LogP contribution < -0.4 is 14.6 Å². The van der Waals surface area contributed by atoms with Gasteiger partial charge in [0.2, 0.25) is 5.70 Å². The number of benzene rings is 1. The molecule has 1 aliphatic rings. The summed E-state index contributed by atoms with van der Waals surface area (Å²) in [5.74, 6) is 2.04. The smallest absolute Gasteiger partial charge is 0.334 e. The lowest BCUT2D eigenvalue weighted by Crippen LogP contribution is -2.68. The van der Waals surface area contributed by atoms with Crippen LogP contribution in [0.2, 0.25) is 0 Å². The first kappa shape index (κ1) is 21.9. The molecular formula is C25H34N3O2+. The second-order valence-corrected chi connectivity index (χ2v) is 7.99. The quantitative estimate of drug-likeness (QED) is 0.356. The van der Waals surface area contributed by atoms with Gasteiger partial charge in [-0.25, -0.2) is 4.98 Å². The molecule has 2 heterocycles. The Kier molecular flexibility index (Phi) is 7.89. The van der Waals surface area contributed by atoms with E-state index in [0.717, 1.165) is 43.1 Å². The maximum atomic E-state index is 9.34. The van der Waals surface area contributed by atoms with E-state index in [1.54, 1.807) is 6.92 Å². The first-order chi connectivity index (χ1) is 14.5. The molecule has 0 spiro atoms. The van der Waals surface area contributed by atoms with Crippen LogP contribution in [-0.4, -0.2) is 35.2 Å². The van der Waals surface area contributed by atoms with Crippen LogP contribution in [0.3, 0.4) is 0 Å². The number of nitrogens with zero attached hydrogens (tertiary/aromatic N) is 2. The number of aliphatic hydroxyl groups excluding tert-OH is 1. The van der Waals surface area contributed by atoms with E-state index in [-0.39, 0.29) is 12.0 Å². The number of unbranched alkanes of at least 4 members (excludes halogenated alkanes) is 3. The highest BCUT2D eigenvalue weighted by Crippen LogP contribution is 2.23. The van der Waals surface area contributed by atoms with E-state index in [0.29, 0.717) is 5.70 Å². The van der Waals surface area contributed by atoms with Crippen LogP contribution >= 0.6 is 0 Å². The number of hydrogen-bond acceptors (Lipinski definition) is 3. The number of hydrogen-bond donors (Lipinski definition) is 2. The maximum Gasteiger partial charge on any atom is 0.334 e. The standard InChI is InChI=1S/C25H33N3O2/c1-4-5-6-7-9-22-10-8-11-25(27-22)28-17-16-24(18-28)30-23-14-12-21(13-15-23)19(2)26-20(3)29/h8,10-15,24H,2,4-7,9,16-18H2,1,3H3,(H,26,29)/p+1. The lowest BCUT2D eigenvalue weighted by Gasteiger charge is -2.19. The molecule has 160 valence electrons. The summed E-state index contributed by atoms with van der Waals surface area (Å²) >= 11 is 0. The summed E-state index contributed by atoms with van der Waals surface area (Å²) in [5, 5.41) is 9.34. The molecule has 1 saturated heterocycles. The molecule has 0 amide bonds. The zero-order valence-electron chi connectivity index (χ0n) is 18.2. The molecule has 0 radical (unpaired) electrons. The van der Waals surface area contributed by atoms with E-state index in [1.165, 1.54) is 31.4 Å². The molecule has 1 aromatic carbocycles. The van der Waals surface area contributed by atoms with Gasteiger partial charge >= 0.3 is 5.90 Å². The molecule has 30 heavy (non-hydrogen) atoms. The first-order valence-corrected chi connectivity index (χ1v) is 11.0. The molecule has 5 heteroatoms. The second-order valence-electron chi connectivity index (χ2n) is 7.99. The normalized spacial score (nSPS) is 16.7. The molecule has 1 aromatic heterocycles. The van der Waals surface area contributed by atoms with Crippen molar-refractivity contribution in [3.8, 4) is 5.75 Å². The number of pyridine rings is 1. The predicted molar refractivity (Wildman–Crippen MR) is 123 cm³/mol. The van der Waals surface area contributed by atoms with Gasteiger partial charge in [-0.05, 0) is 55.8 Å². The minimum absolute atomic E-state index is 0.130. The molecule has 1 aliphatic heterocycles. The van der Waals surface area contributed by atoms with Gasteiger partial charge in [0.25, 0.3) is 0 Å². The van der Waals surface area contributed by atoms with Crippen LogP contribution in [-0.2, 0) is 6.42 Å². The van der Waals surface area contributed by atoms with Crippen molar-refractivity contribution in [3.63, 3.8) is 0 Å². The number of nitrogens with one attached hydrogen (secondary N) is 1. The van der Waals surface area contributed by atoms with E-state index in [1.807, 2.05) is 24.3 Å². The molecule has 0 aliphatic carbocycles. The van der Waals surface area contributed by atoms with Crippen molar-refractivity contribution in [2.24, 2.45) is 0 Å². The van der Waals surface area contributed by atoms with Crippen molar-refractivity contribution in [1.29, 1.82) is 0 Å². The summed E-state index contributed by atoms with van der Waals surface area (Å²) < 4.78 is 6.19. The van der Waals surface area contributed by atoms with Crippen LogP contribution in [0, 0.1) is 0 Å². The molecule has 2 N–H and O–H groups in total.